The molecule has 25 heteroatoms. The molecule has 0 spiro atoms. The SMILES string of the molecule is O=C1c2c(NCS(=O)(=O)[O-])cc(S(=O)[O-])c(O)c2C(=O)c2c(NCSOO[O-])cc(SOO[O-])c(O)c21.[Na+].[Na+].[Na+].[Na+]. The molecule has 41 heavy (non-hydrogen) atoms. The largest absolute Gasteiger partial charge is 1.00 e. The van der Waals surface area contributed by atoms with Crippen LogP contribution in [0.5, 0.6) is 11.5 Å². The Morgan fingerprint density at radius 2 is 1.37 bits per heavy atom. The topological polar surface area (TPSA) is 279 Å². The molecule has 3 rings (SSSR count). The van der Waals surface area contributed by atoms with E-state index >= 15 is 0 Å². The van der Waals surface area contributed by atoms with E-state index in [4.69, 9.17) is 0 Å². The molecule has 1 aliphatic carbocycles. The first-order valence-corrected chi connectivity index (χ1v) is 13.3. The predicted octanol–water partition coefficient (Wildman–Crippen LogP) is -13.5. The molecule has 0 saturated carbocycles. The zero-order valence-corrected chi connectivity index (χ0v) is 32.7. The first-order valence-electron chi connectivity index (χ1n) is 9.04. The van der Waals surface area contributed by atoms with Crippen LogP contribution in [0.3, 0.4) is 0 Å². The van der Waals surface area contributed by atoms with Crippen LogP contribution in [0.25, 0.3) is 0 Å². The molecule has 0 saturated heterocycles. The first-order chi connectivity index (χ1) is 17.4. The Labute approximate surface area is 330 Å². The third kappa shape index (κ3) is 10.8. The zero-order valence-electron chi connectivity index (χ0n) is 21.4. The van der Waals surface area contributed by atoms with Crippen molar-refractivity contribution in [2.75, 3.05) is 22.4 Å². The first kappa shape index (κ1) is 44.6. The second kappa shape index (κ2) is 19.9. The van der Waals surface area contributed by atoms with Crippen molar-refractivity contribution in [3.8, 4) is 11.5 Å². The van der Waals surface area contributed by atoms with Gasteiger partial charge in [0.15, 0.2) is 0 Å². The monoisotopic (exact) mass is 690 g/mol. The number of anilines is 2. The second-order valence-electron chi connectivity index (χ2n) is 6.61. The molecule has 0 fully saturated rings. The summed E-state index contributed by atoms with van der Waals surface area (Å²) in [5, 5.41) is 52.4. The molecule has 2 aromatic carbocycles. The molecule has 1 unspecified atom stereocenters. The van der Waals surface area contributed by atoms with E-state index in [1.54, 1.807) is 0 Å². The van der Waals surface area contributed by atoms with Gasteiger partial charge in [-0.05, 0) is 23.2 Å². The Bertz CT molecular complexity index is 1400. The van der Waals surface area contributed by atoms with Crippen LogP contribution >= 0.6 is 24.1 Å². The molecule has 17 nitrogen and oxygen atoms in total. The van der Waals surface area contributed by atoms with Gasteiger partial charge < -0.3 is 40.5 Å². The van der Waals surface area contributed by atoms with Crippen LogP contribution in [-0.2, 0) is 39.9 Å². The smallest absolute Gasteiger partial charge is 0.768 e. The molecule has 0 heterocycles. The number of phenols is 2. The summed E-state index contributed by atoms with van der Waals surface area (Å²) in [5.41, 5.74) is -3.90. The van der Waals surface area contributed by atoms with Crippen molar-refractivity contribution in [3.63, 3.8) is 0 Å². The fourth-order valence-electron chi connectivity index (χ4n) is 3.30. The van der Waals surface area contributed by atoms with Crippen molar-refractivity contribution in [2.24, 2.45) is 0 Å². The van der Waals surface area contributed by atoms with Gasteiger partial charge in [0.05, 0.1) is 62.0 Å². The Balaban J connectivity index is 0. The van der Waals surface area contributed by atoms with Gasteiger partial charge in [-0.25, -0.2) is 8.42 Å². The van der Waals surface area contributed by atoms with E-state index in [-0.39, 0.29) is 147 Å². The second-order valence-corrected chi connectivity index (χ2v) is 10.3. The quantitative estimate of drug-likeness (QED) is 0.0158. The van der Waals surface area contributed by atoms with Gasteiger partial charge in [-0.2, -0.15) is 8.67 Å². The summed E-state index contributed by atoms with van der Waals surface area (Å²) in [6.45, 7) is 0. The Morgan fingerprint density at radius 1 is 0.854 bits per heavy atom. The number of carbonyl (C=O) groups is 2. The fraction of sp³-hybridized carbons (Fsp3) is 0.125. The van der Waals surface area contributed by atoms with Crippen LogP contribution in [0.15, 0.2) is 21.9 Å². The van der Waals surface area contributed by atoms with Crippen LogP contribution in [0.1, 0.15) is 31.8 Å². The van der Waals surface area contributed by atoms with Crippen molar-refractivity contribution in [3.05, 3.63) is 34.4 Å². The van der Waals surface area contributed by atoms with Gasteiger partial charge in [0.2, 0.25) is 11.6 Å². The third-order valence-corrected chi connectivity index (χ3v) is 6.80. The van der Waals surface area contributed by atoms with Crippen molar-refractivity contribution < 1.29 is 189 Å². The average Bonchev–Trinajstić information content (AvgIpc) is 2.83. The van der Waals surface area contributed by atoms with Crippen LogP contribution in [0, 0.1) is 0 Å². The number of nitrogens with one attached hydrogen (secondary N) is 2. The van der Waals surface area contributed by atoms with Crippen molar-refractivity contribution in [1.82, 2.24) is 0 Å². The molecule has 0 amide bonds. The van der Waals surface area contributed by atoms with Gasteiger partial charge in [0.1, 0.15) is 27.5 Å². The van der Waals surface area contributed by atoms with Gasteiger partial charge in [0.25, 0.3) is 0 Å². The molecule has 0 aliphatic heterocycles. The number of phenolic OH excluding ortho intramolecular Hbond substituents is 2. The minimum Gasteiger partial charge on any atom is -0.768 e. The van der Waals surface area contributed by atoms with Crippen molar-refractivity contribution in [2.45, 2.75) is 9.79 Å². The standard InChI is InChI=1S/C16H14N2O15S4.4Na/c19-13-7(35-33-31-24)1-5(17-3-34-32-30-23)9-11(13)15(21)10-6(18-4-37(27,28)29)2-8(36(25)26)14(20)12(10)16(9)22;;;;/h1-2,17-20,23-24H,3-4H2,(H,25,26)(H,27,28,29);;;;/q;4*+1/p-4. The molecular weight excluding hydrogens is 680 g/mol. The van der Waals surface area contributed by atoms with Gasteiger partial charge in [-0.15, -0.1) is 0 Å². The summed E-state index contributed by atoms with van der Waals surface area (Å²) in [5.74, 6) is -6.20. The summed E-state index contributed by atoms with van der Waals surface area (Å²) in [4.78, 5) is 25.7. The minimum absolute atomic E-state index is 0. The minimum atomic E-state index is -4.97. The number of fused-ring (bicyclic) bond motifs is 2. The molecule has 2 aromatic rings. The number of ketones is 2. The number of rotatable bonds is 12. The van der Waals surface area contributed by atoms with Gasteiger partial charge in [-0.1, -0.05) is 0 Å². The Kier molecular flexibility index (Phi) is 21.6. The maximum absolute atomic E-state index is 13.5. The predicted molar refractivity (Wildman–Crippen MR) is 115 cm³/mol. The third-order valence-electron chi connectivity index (χ3n) is 4.61. The summed E-state index contributed by atoms with van der Waals surface area (Å²) in [6, 6.07) is 1.61. The molecule has 0 radical (unpaired) electrons. The maximum Gasteiger partial charge on any atom is 1.00 e. The molecule has 4 N–H and O–H groups in total. The molecule has 0 bridgehead atoms. The van der Waals surface area contributed by atoms with Crippen LogP contribution in [-0.4, -0.2) is 55.3 Å². The normalized spacial score (nSPS) is 12.4. The zero-order chi connectivity index (χ0) is 27.5. The van der Waals surface area contributed by atoms with E-state index in [2.05, 4.69) is 24.1 Å². The van der Waals surface area contributed by atoms with E-state index < -0.39 is 83.0 Å². The molecule has 0 aromatic heterocycles. The van der Waals surface area contributed by atoms with Gasteiger partial charge in [-0.3, -0.25) is 23.9 Å². The molecule has 1 atom stereocenters. The van der Waals surface area contributed by atoms with E-state index in [1.165, 1.54) is 0 Å². The summed E-state index contributed by atoms with van der Waals surface area (Å²) >= 11 is -2.69. The summed E-state index contributed by atoms with van der Waals surface area (Å²) in [6.07, 6.45) is 0. The number of benzene rings is 2. The van der Waals surface area contributed by atoms with Crippen molar-refractivity contribution >= 4 is 68.2 Å². The summed E-state index contributed by atoms with van der Waals surface area (Å²) in [7, 11) is -4.97. The fourth-order valence-corrected chi connectivity index (χ4v) is 4.85. The van der Waals surface area contributed by atoms with Gasteiger partial charge >= 0.3 is 118 Å². The summed E-state index contributed by atoms with van der Waals surface area (Å²) < 4.78 is 64.8. The van der Waals surface area contributed by atoms with Crippen LogP contribution in [0.2, 0.25) is 0 Å². The molecular formula is C16H10N2Na4O15S4. The van der Waals surface area contributed by atoms with E-state index in [0.717, 1.165) is 6.07 Å². The average molecular weight is 690 g/mol. The van der Waals surface area contributed by atoms with E-state index in [9.17, 15) is 52.0 Å². The van der Waals surface area contributed by atoms with Gasteiger partial charge in [0, 0.05) is 11.4 Å². The Morgan fingerprint density at radius 3 is 1.85 bits per heavy atom. The number of hydrogen-bond donors (Lipinski definition) is 4. The van der Waals surface area contributed by atoms with E-state index in [0.29, 0.717) is 18.1 Å². The van der Waals surface area contributed by atoms with Crippen molar-refractivity contribution in [1.29, 1.82) is 0 Å². The van der Waals surface area contributed by atoms with E-state index in [1.807, 2.05) is 5.32 Å². The molecule has 1 aliphatic rings. The number of carbonyl (C=O) groups excluding carboxylic acids is 2. The maximum atomic E-state index is 13.5. The number of hydrogen-bond acceptors (Lipinski definition) is 19. The number of aromatic hydroxyl groups is 2. The molecule has 202 valence electrons. The van der Waals surface area contributed by atoms with Crippen LogP contribution in [0.4, 0.5) is 11.4 Å². The Hall–Kier alpha value is 1.46. The van der Waals surface area contributed by atoms with Crippen LogP contribution < -0.4 is 139 Å².